The second-order valence-corrected chi connectivity index (χ2v) is 8.55. The van der Waals surface area contributed by atoms with Crippen LogP contribution in [0.3, 0.4) is 0 Å². The van der Waals surface area contributed by atoms with Crippen LogP contribution < -0.4 is 9.47 Å². The summed E-state index contributed by atoms with van der Waals surface area (Å²) in [5.74, 6) is 0.953. The van der Waals surface area contributed by atoms with Crippen LogP contribution in [-0.4, -0.2) is 28.3 Å². The van der Waals surface area contributed by atoms with Gasteiger partial charge in [-0.2, -0.15) is 0 Å². The number of halogens is 1. The van der Waals surface area contributed by atoms with Gasteiger partial charge < -0.3 is 9.47 Å². The van der Waals surface area contributed by atoms with Gasteiger partial charge in [0, 0.05) is 6.54 Å². The monoisotopic (exact) mass is 447 g/mol. The van der Waals surface area contributed by atoms with Crippen LogP contribution in [0.25, 0.3) is 6.08 Å². The molecule has 0 spiro atoms. The van der Waals surface area contributed by atoms with Gasteiger partial charge in [0.2, 0.25) is 0 Å². The Morgan fingerprint density at radius 1 is 1.21 bits per heavy atom. The van der Waals surface area contributed by atoms with E-state index in [0.29, 0.717) is 45.5 Å². The van der Waals surface area contributed by atoms with Gasteiger partial charge in [-0.3, -0.25) is 9.69 Å². The molecule has 0 radical (unpaired) electrons. The number of ether oxygens (including phenoxy) is 2. The highest BCUT2D eigenvalue weighted by Crippen LogP contribution is 2.39. The van der Waals surface area contributed by atoms with Crippen LogP contribution in [0.15, 0.2) is 41.3 Å². The molecule has 1 amide bonds. The van der Waals surface area contributed by atoms with Crippen LogP contribution >= 0.6 is 35.6 Å². The molecule has 3 rings (SSSR count). The molecule has 2 aromatic rings. The number of carbonyl (C=O) groups excluding carboxylic acids is 1. The lowest BCUT2D eigenvalue weighted by Crippen LogP contribution is -2.27. The van der Waals surface area contributed by atoms with Crippen molar-refractivity contribution in [1.29, 1.82) is 0 Å². The number of amides is 1. The van der Waals surface area contributed by atoms with Gasteiger partial charge >= 0.3 is 0 Å². The number of rotatable bonds is 7. The van der Waals surface area contributed by atoms with E-state index in [9.17, 15) is 4.79 Å². The van der Waals surface area contributed by atoms with E-state index in [1.54, 1.807) is 17.0 Å². The summed E-state index contributed by atoms with van der Waals surface area (Å²) in [6.07, 6.45) is 1.79. The zero-order valence-electron chi connectivity index (χ0n) is 16.5. The third kappa shape index (κ3) is 5.13. The smallest absolute Gasteiger partial charge is 0.266 e. The zero-order chi connectivity index (χ0) is 21.0. The lowest BCUT2D eigenvalue weighted by molar-refractivity contribution is -0.121. The number of thiocarbonyl (C=S) groups is 1. The quantitative estimate of drug-likeness (QED) is 0.393. The number of carbonyl (C=O) groups is 1. The Bertz CT molecular complexity index is 975. The third-order valence-corrected chi connectivity index (χ3v) is 5.94. The molecule has 7 heteroatoms. The first-order valence-electron chi connectivity index (χ1n) is 9.33. The van der Waals surface area contributed by atoms with E-state index >= 15 is 0 Å². The second kappa shape index (κ2) is 9.65. The van der Waals surface area contributed by atoms with Crippen LogP contribution in [0.4, 0.5) is 0 Å². The van der Waals surface area contributed by atoms with Gasteiger partial charge in [-0.25, -0.2) is 0 Å². The largest absolute Gasteiger partial charge is 0.490 e. The summed E-state index contributed by atoms with van der Waals surface area (Å²) in [4.78, 5) is 14.6. The van der Waals surface area contributed by atoms with Crippen molar-refractivity contribution >= 4 is 51.9 Å². The number of hydrogen-bond donors (Lipinski definition) is 0. The van der Waals surface area contributed by atoms with E-state index in [-0.39, 0.29) is 5.91 Å². The minimum atomic E-state index is -0.0867. The highest BCUT2D eigenvalue weighted by molar-refractivity contribution is 8.26. The number of nitrogens with zero attached hydrogens (tertiary/aromatic N) is 1. The topological polar surface area (TPSA) is 38.8 Å². The molecule has 0 saturated carbocycles. The number of thioether (sulfide) groups is 1. The molecule has 0 aromatic heterocycles. The number of benzene rings is 2. The summed E-state index contributed by atoms with van der Waals surface area (Å²) >= 11 is 13.1. The van der Waals surface area contributed by atoms with Crippen molar-refractivity contribution in [2.45, 2.75) is 27.4 Å². The normalized spacial score (nSPS) is 15.3. The van der Waals surface area contributed by atoms with Crippen LogP contribution in [0.2, 0.25) is 5.02 Å². The fourth-order valence-corrected chi connectivity index (χ4v) is 4.61. The molecule has 0 unspecified atom stereocenters. The molecular formula is C22H22ClNO3S2. The molecule has 4 nitrogen and oxygen atoms in total. The van der Waals surface area contributed by atoms with Crippen molar-refractivity contribution in [3.63, 3.8) is 0 Å². The van der Waals surface area contributed by atoms with Gasteiger partial charge in [0.15, 0.2) is 11.5 Å². The summed E-state index contributed by atoms with van der Waals surface area (Å²) in [6.45, 7) is 7.25. The maximum absolute atomic E-state index is 12.5. The van der Waals surface area contributed by atoms with E-state index in [1.165, 1.54) is 17.3 Å². The first kappa shape index (κ1) is 21.7. The number of likely N-dealkylation sites (N-methyl/N-ethyl adjacent to an activating group) is 1. The Labute approximate surface area is 185 Å². The van der Waals surface area contributed by atoms with E-state index in [0.717, 1.165) is 11.1 Å². The van der Waals surface area contributed by atoms with E-state index < -0.39 is 0 Å². The van der Waals surface area contributed by atoms with Gasteiger partial charge in [-0.1, -0.05) is 65.4 Å². The standard InChI is InChI=1S/C22H22ClNO3S2/c1-4-24-21(25)19(29-22(24)28)12-16-10-17(23)20(18(11-16)26-5-2)27-13-15-8-6-7-14(3)9-15/h6-12H,4-5,13H2,1-3H3/b19-12+. The van der Waals surface area contributed by atoms with E-state index in [1.807, 2.05) is 45.0 Å². The average Bonchev–Trinajstić information content (AvgIpc) is 2.94. The molecule has 1 saturated heterocycles. The average molecular weight is 448 g/mol. The van der Waals surface area contributed by atoms with Crippen molar-refractivity contribution in [3.05, 3.63) is 63.0 Å². The van der Waals surface area contributed by atoms with Crippen LogP contribution in [0, 0.1) is 6.92 Å². The predicted octanol–water partition coefficient (Wildman–Crippen LogP) is 5.85. The zero-order valence-corrected chi connectivity index (χ0v) is 18.9. The minimum Gasteiger partial charge on any atom is -0.490 e. The minimum absolute atomic E-state index is 0.0867. The number of aryl methyl sites for hydroxylation is 1. The molecule has 0 aliphatic carbocycles. The van der Waals surface area contributed by atoms with Crippen LogP contribution in [-0.2, 0) is 11.4 Å². The van der Waals surface area contributed by atoms with Gasteiger partial charge in [-0.15, -0.1) is 0 Å². The molecular weight excluding hydrogens is 426 g/mol. The molecule has 1 fully saturated rings. The summed E-state index contributed by atoms with van der Waals surface area (Å²) in [5, 5.41) is 0.431. The summed E-state index contributed by atoms with van der Waals surface area (Å²) in [6, 6.07) is 11.7. The molecule has 0 bridgehead atoms. The predicted molar refractivity (Wildman–Crippen MR) is 124 cm³/mol. The van der Waals surface area contributed by atoms with Crippen molar-refractivity contribution < 1.29 is 14.3 Å². The van der Waals surface area contributed by atoms with Crippen molar-refractivity contribution in [2.24, 2.45) is 0 Å². The lowest BCUT2D eigenvalue weighted by atomic mass is 10.1. The van der Waals surface area contributed by atoms with Gasteiger partial charge in [-0.05, 0) is 50.1 Å². The van der Waals surface area contributed by atoms with Gasteiger partial charge in [0.05, 0.1) is 16.5 Å². The molecule has 2 aromatic carbocycles. The molecule has 1 aliphatic rings. The Hall–Kier alpha value is -2.02. The third-order valence-electron chi connectivity index (χ3n) is 4.28. The SMILES string of the molecule is CCOc1cc(/C=C2/SC(=S)N(CC)C2=O)cc(Cl)c1OCc1cccc(C)c1. The van der Waals surface area contributed by atoms with Crippen LogP contribution in [0.1, 0.15) is 30.5 Å². The highest BCUT2D eigenvalue weighted by atomic mass is 35.5. The first-order valence-corrected chi connectivity index (χ1v) is 10.9. The molecule has 0 atom stereocenters. The van der Waals surface area contributed by atoms with Gasteiger partial charge in [0.25, 0.3) is 5.91 Å². The van der Waals surface area contributed by atoms with Crippen molar-refractivity contribution in [3.8, 4) is 11.5 Å². The Balaban J connectivity index is 1.87. The lowest BCUT2D eigenvalue weighted by Gasteiger charge is -2.15. The van der Waals surface area contributed by atoms with Crippen LogP contribution in [0.5, 0.6) is 11.5 Å². The Morgan fingerprint density at radius 2 is 2.00 bits per heavy atom. The van der Waals surface area contributed by atoms with E-state index in [4.69, 9.17) is 33.3 Å². The van der Waals surface area contributed by atoms with E-state index in [2.05, 4.69) is 6.07 Å². The summed E-state index contributed by atoms with van der Waals surface area (Å²) in [7, 11) is 0. The van der Waals surface area contributed by atoms with Crippen molar-refractivity contribution in [2.75, 3.05) is 13.2 Å². The first-order chi connectivity index (χ1) is 13.9. The fraction of sp³-hybridized carbons (Fsp3) is 0.273. The Morgan fingerprint density at radius 3 is 2.66 bits per heavy atom. The molecule has 0 N–H and O–H groups in total. The Kier molecular flexibility index (Phi) is 7.22. The maximum Gasteiger partial charge on any atom is 0.266 e. The molecule has 1 heterocycles. The van der Waals surface area contributed by atoms with Gasteiger partial charge in [0.1, 0.15) is 10.9 Å². The summed E-state index contributed by atoms with van der Waals surface area (Å²) < 4.78 is 12.3. The summed E-state index contributed by atoms with van der Waals surface area (Å²) in [5.41, 5.74) is 2.98. The fourth-order valence-electron chi connectivity index (χ4n) is 2.96. The van der Waals surface area contributed by atoms with Crippen molar-refractivity contribution in [1.82, 2.24) is 4.90 Å². The molecule has 29 heavy (non-hydrogen) atoms. The molecule has 152 valence electrons. The molecule has 1 aliphatic heterocycles. The maximum atomic E-state index is 12.5. The number of hydrogen-bond acceptors (Lipinski definition) is 5. The highest BCUT2D eigenvalue weighted by Gasteiger charge is 2.30. The second-order valence-electron chi connectivity index (χ2n) is 6.47.